The van der Waals surface area contributed by atoms with Gasteiger partial charge in [0.2, 0.25) is 5.91 Å². The van der Waals surface area contributed by atoms with Crippen LogP contribution in [0.5, 0.6) is 0 Å². The molecule has 2 heterocycles. The Kier molecular flexibility index (Phi) is 3.68. The van der Waals surface area contributed by atoms with Crippen molar-refractivity contribution in [2.75, 3.05) is 26.7 Å². The first-order valence-electron chi connectivity index (χ1n) is 7.35. The Balaban J connectivity index is 1.73. The van der Waals surface area contributed by atoms with Gasteiger partial charge in [0.25, 0.3) is 0 Å². The third kappa shape index (κ3) is 2.65. The number of rotatable bonds is 3. The molecule has 2 aliphatic heterocycles. The summed E-state index contributed by atoms with van der Waals surface area (Å²) in [7, 11) is 1.86. The molecule has 5 nitrogen and oxygen atoms in total. The van der Waals surface area contributed by atoms with E-state index in [-0.39, 0.29) is 11.8 Å². The normalized spacial score (nSPS) is 26.0. The molecule has 2 saturated heterocycles. The number of carboxylic acid groups (broad SMARTS) is 1. The van der Waals surface area contributed by atoms with Crippen molar-refractivity contribution >= 4 is 11.9 Å². The summed E-state index contributed by atoms with van der Waals surface area (Å²) in [6.45, 7) is 3.06. The van der Waals surface area contributed by atoms with Crippen LogP contribution in [-0.4, -0.2) is 53.5 Å². The monoisotopic (exact) mass is 288 g/mol. The third-order valence-electron chi connectivity index (χ3n) is 4.69. The second kappa shape index (κ2) is 5.48. The summed E-state index contributed by atoms with van der Waals surface area (Å²) >= 11 is 0. The first kappa shape index (κ1) is 14.1. The summed E-state index contributed by atoms with van der Waals surface area (Å²) in [5.74, 6) is -0.148. The van der Waals surface area contributed by atoms with Gasteiger partial charge < -0.3 is 10.0 Å². The lowest BCUT2D eigenvalue weighted by molar-refractivity contribution is -0.137. The molecule has 0 aromatic heterocycles. The Morgan fingerprint density at radius 3 is 2.86 bits per heavy atom. The number of likely N-dealkylation sites (tertiary alicyclic amines) is 2. The lowest BCUT2D eigenvalue weighted by atomic mass is 9.88. The van der Waals surface area contributed by atoms with Crippen molar-refractivity contribution in [2.45, 2.75) is 13.0 Å². The third-order valence-corrected chi connectivity index (χ3v) is 4.69. The Morgan fingerprint density at radius 1 is 1.33 bits per heavy atom. The maximum atomic E-state index is 12.2. The second-order valence-corrected chi connectivity index (χ2v) is 6.07. The molecule has 0 unspecified atom stereocenters. The van der Waals surface area contributed by atoms with E-state index < -0.39 is 5.97 Å². The van der Waals surface area contributed by atoms with Crippen LogP contribution >= 0.6 is 0 Å². The fourth-order valence-corrected chi connectivity index (χ4v) is 3.52. The molecule has 1 aromatic carbocycles. The van der Waals surface area contributed by atoms with Gasteiger partial charge in [0.05, 0.1) is 11.5 Å². The highest BCUT2D eigenvalue weighted by molar-refractivity contribution is 5.89. The minimum atomic E-state index is -0.891. The average Bonchev–Trinajstić information content (AvgIpc) is 2.87. The van der Waals surface area contributed by atoms with Crippen molar-refractivity contribution in [3.8, 4) is 0 Å². The highest BCUT2D eigenvalue weighted by Gasteiger charge is 2.41. The van der Waals surface area contributed by atoms with E-state index in [0.29, 0.717) is 18.0 Å². The van der Waals surface area contributed by atoms with Gasteiger partial charge >= 0.3 is 5.97 Å². The Bertz CT molecular complexity index is 572. The lowest BCUT2D eigenvalue weighted by Crippen LogP contribution is -2.42. The molecule has 2 aliphatic rings. The van der Waals surface area contributed by atoms with Gasteiger partial charge in [-0.05, 0) is 24.0 Å². The quantitative estimate of drug-likeness (QED) is 0.910. The van der Waals surface area contributed by atoms with Gasteiger partial charge in [0, 0.05) is 33.2 Å². The molecule has 0 radical (unpaired) electrons. The summed E-state index contributed by atoms with van der Waals surface area (Å²) in [6.07, 6.45) is 1.05. The molecule has 0 aliphatic carbocycles. The Labute approximate surface area is 124 Å². The number of aromatic carboxylic acids is 1. The van der Waals surface area contributed by atoms with Crippen molar-refractivity contribution in [2.24, 2.45) is 11.8 Å². The van der Waals surface area contributed by atoms with E-state index in [1.807, 2.05) is 24.1 Å². The van der Waals surface area contributed by atoms with Crippen LogP contribution in [0.4, 0.5) is 0 Å². The smallest absolute Gasteiger partial charge is 0.336 e. The zero-order chi connectivity index (χ0) is 15.0. The molecular weight excluding hydrogens is 268 g/mol. The number of piperidine rings is 1. The largest absolute Gasteiger partial charge is 0.478 e. The number of amides is 1. The Hall–Kier alpha value is -1.88. The molecule has 0 spiro atoms. The number of hydrogen-bond acceptors (Lipinski definition) is 3. The van der Waals surface area contributed by atoms with Gasteiger partial charge in [0.15, 0.2) is 0 Å². The van der Waals surface area contributed by atoms with E-state index >= 15 is 0 Å². The molecule has 21 heavy (non-hydrogen) atoms. The molecule has 1 amide bonds. The molecule has 5 heteroatoms. The fraction of sp³-hybridized carbons (Fsp3) is 0.500. The Morgan fingerprint density at radius 2 is 2.10 bits per heavy atom. The minimum Gasteiger partial charge on any atom is -0.478 e. The van der Waals surface area contributed by atoms with Crippen LogP contribution < -0.4 is 0 Å². The van der Waals surface area contributed by atoms with Gasteiger partial charge in [-0.1, -0.05) is 18.2 Å². The molecule has 1 N–H and O–H groups in total. The van der Waals surface area contributed by atoms with Crippen molar-refractivity contribution in [3.05, 3.63) is 35.4 Å². The summed E-state index contributed by atoms with van der Waals surface area (Å²) < 4.78 is 0. The highest BCUT2D eigenvalue weighted by atomic mass is 16.4. The van der Waals surface area contributed by atoms with Gasteiger partial charge in [-0.3, -0.25) is 9.69 Å². The highest BCUT2D eigenvalue weighted by Crippen LogP contribution is 2.32. The molecule has 0 saturated carbocycles. The number of hydrogen-bond donors (Lipinski definition) is 1. The number of fused-ring (bicyclic) bond motifs is 1. The maximum Gasteiger partial charge on any atom is 0.336 e. The molecule has 0 bridgehead atoms. The molecular formula is C16H20N2O3. The lowest BCUT2D eigenvalue weighted by Gasteiger charge is -2.30. The van der Waals surface area contributed by atoms with E-state index in [1.165, 1.54) is 0 Å². The van der Waals surface area contributed by atoms with Crippen LogP contribution in [-0.2, 0) is 11.3 Å². The van der Waals surface area contributed by atoms with Crippen molar-refractivity contribution < 1.29 is 14.7 Å². The number of nitrogens with zero attached hydrogens (tertiary/aromatic N) is 2. The number of carbonyl (C=O) groups is 2. The average molecular weight is 288 g/mol. The molecule has 3 rings (SSSR count). The van der Waals surface area contributed by atoms with Crippen LogP contribution in [0.2, 0.25) is 0 Å². The predicted molar refractivity (Wildman–Crippen MR) is 77.9 cm³/mol. The second-order valence-electron chi connectivity index (χ2n) is 6.07. The van der Waals surface area contributed by atoms with Crippen LogP contribution in [0.3, 0.4) is 0 Å². The maximum absolute atomic E-state index is 12.2. The van der Waals surface area contributed by atoms with Crippen molar-refractivity contribution in [1.29, 1.82) is 0 Å². The van der Waals surface area contributed by atoms with Gasteiger partial charge in [-0.15, -0.1) is 0 Å². The van der Waals surface area contributed by atoms with E-state index in [9.17, 15) is 14.7 Å². The van der Waals surface area contributed by atoms with Crippen LogP contribution in [0.25, 0.3) is 0 Å². The topological polar surface area (TPSA) is 60.9 Å². The number of carboxylic acids is 1. The zero-order valence-corrected chi connectivity index (χ0v) is 12.2. The van der Waals surface area contributed by atoms with Crippen LogP contribution in [0.15, 0.2) is 24.3 Å². The van der Waals surface area contributed by atoms with Gasteiger partial charge in [-0.2, -0.15) is 0 Å². The van der Waals surface area contributed by atoms with Crippen LogP contribution in [0.1, 0.15) is 22.3 Å². The zero-order valence-electron chi connectivity index (χ0n) is 12.2. The number of benzene rings is 1. The molecule has 2 fully saturated rings. The first-order valence-corrected chi connectivity index (χ1v) is 7.35. The van der Waals surface area contributed by atoms with E-state index in [1.54, 1.807) is 12.1 Å². The summed E-state index contributed by atoms with van der Waals surface area (Å²) in [5, 5.41) is 9.24. The summed E-state index contributed by atoms with van der Waals surface area (Å²) in [6, 6.07) is 7.11. The molecule has 112 valence electrons. The van der Waals surface area contributed by atoms with Crippen molar-refractivity contribution in [1.82, 2.24) is 9.80 Å². The van der Waals surface area contributed by atoms with Gasteiger partial charge in [0.1, 0.15) is 0 Å². The standard InChI is InChI=1S/C16H20N2O3/c1-17-7-6-12-9-18(10-14(12)15(17)19)8-11-4-2-3-5-13(11)16(20)21/h2-5,12,14H,6-10H2,1H3,(H,20,21)/t12-,14+/m1/s1. The first-order chi connectivity index (χ1) is 10.1. The van der Waals surface area contributed by atoms with E-state index in [2.05, 4.69) is 4.90 Å². The summed E-state index contributed by atoms with van der Waals surface area (Å²) in [4.78, 5) is 27.5. The van der Waals surface area contributed by atoms with Gasteiger partial charge in [-0.25, -0.2) is 4.79 Å². The summed E-state index contributed by atoms with van der Waals surface area (Å²) in [5.41, 5.74) is 1.18. The molecule has 2 atom stereocenters. The number of carbonyl (C=O) groups excluding carboxylic acids is 1. The minimum absolute atomic E-state index is 0.0840. The predicted octanol–water partition coefficient (Wildman–Crippen LogP) is 1.29. The SMILES string of the molecule is CN1CC[C@@H]2CN(Cc3ccccc3C(=O)O)C[C@@H]2C1=O. The van der Waals surface area contributed by atoms with Crippen LogP contribution in [0, 0.1) is 11.8 Å². The van der Waals surface area contributed by atoms with E-state index in [0.717, 1.165) is 31.6 Å². The van der Waals surface area contributed by atoms with Crippen molar-refractivity contribution in [3.63, 3.8) is 0 Å². The van der Waals surface area contributed by atoms with E-state index in [4.69, 9.17) is 0 Å². The fourth-order valence-electron chi connectivity index (χ4n) is 3.52. The molecule has 1 aromatic rings.